The zero-order chi connectivity index (χ0) is 17.5. The fourth-order valence-electron chi connectivity index (χ4n) is 2.14. The lowest BCUT2D eigenvalue weighted by molar-refractivity contribution is 0.329. The molecule has 1 N–H and O–H groups in total. The second-order valence-corrected chi connectivity index (χ2v) is 7.43. The maximum atomic E-state index is 6.10. The Balaban J connectivity index is 2.13. The predicted octanol–water partition coefficient (Wildman–Crippen LogP) is 4.17. The Hall–Kier alpha value is -1.34. The number of rotatable bonds is 7. The van der Waals surface area contributed by atoms with Crippen molar-refractivity contribution in [2.75, 3.05) is 39.6 Å². The molecular formula is C17H22ClN3OS2. The zero-order valence-corrected chi connectivity index (χ0v) is 16.5. The van der Waals surface area contributed by atoms with E-state index in [2.05, 4.69) is 46.7 Å². The van der Waals surface area contributed by atoms with E-state index in [4.69, 9.17) is 28.6 Å². The summed E-state index contributed by atoms with van der Waals surface area (Å²) in [7, 11) is 5.74. The van der Waals surface area contributed by atoms with Gasteiger partial charge in [-0.3, -0.25) is 0 Å². The van der Waals surface area contributed by atoms with Gasteiger partial charge in [0, 0.05) is 23.0 Å². The van der Waals surface area contributed by atoms with Crippen molar-refractivity contribution in [2.24, 2.45) is 0 Å². The zero-order valence-electron chi connectivity index (χ0n) is 14.1. The summed E-state index contributed by atoms with van der Waals surface area (Å²) in [5.74, 6) is 0.713. The van der Waals surface area contributed by atoms with Crippen molar-refractivity contribution >= 4 is 46.0 Å². The van der Waals surface area contributed by atoms with Crippen molar-refractivity contribution in [3.8, 4) is 5.75 Å². The molecule has 0 amide bonds. The van der Waals surface area contributed by atoms with Crippen molar-refractivity contribution in [1.82, 2.24) is 9.80 Å². The van der Waals surface area contributed by atoms with Gasteiger partial charge in [-0.25, -0.2) is 0 Å². The number of nitrogens with one attached hydrogen (secondary N) is 1. The molecule has 1 heterocycles. The van der Waals surface area contributed by atoms with Gasteiger partial charge in [0.05, 0.1) is 19.3 Å². The molecule has 0 fully saturated rings. The lowest BCUT2D eigenvalue weighted by Gasteiger charge is -2.27. The van der Waals surface area contributed by atoms with Gasteiger partial charge in [0.25, 0.3) is 0 Å². The third kappa shape index (κ3) is 5.63. The molecular weight excluding hydrogens is 362 g/mol. The van der Waals surface area contributed by atoms with Crippen LogP contribution in [0.15, 0.2) is 35.7 Å². The van der Waals surface area contributed by atoms with Gasteiger partial charge in [0.2, 0.25) is 0 Å². The Labute approximate surface area is 158 Å². The van der Waals surface area contributed by atoms with Crippen LogP contribution in [-0.4, -0.2) is 49.2 Å². The van der Waals surface area contributed by atoms with E-state index in [1.807, 2.05) is 12.1 Å². The van der Waals surface area contributed by atoms with Crippen LogP contribution in [0.4, 0.5) is 5.69 Å². The molecule has 0 saturated heterocycles. The number of nitrogens with zero attached hydrogens (tertiary/aromatic N) is 2. The van der Waals surface area contributed by atoms with E-state index in [1.54, 1.807) is 24.5 Å². The summed E-state index contributed by atoms with van der Waals surface area (Å²) in [5.41, 5.74) is 0.774. The number of benzene rings is 1. The third-order valence-electron chi connectivity index (χ3n) is 3.43. The van der Waals surface area contributed by atoms with E-state index in [0.717, 1.165) is 25.3 Å². The first kappa shape index (κ1) is 19.0. The highest BCUT2D eigenvalue weighted by atomic mass is 35.5. The first-order valence-corrected chi connectivity index (χ1v) is 9.22. The van der Waals surface area contributed by atoms with Gasteiger partial charge in [0.15, 0.2) is 5.11 Å². The number of thiocarbonyl (C=S) groups is 1. The summed E-state index contributed by atoms with van der Waals surface area (Å²) in [6.45, 7) is 2.53. The first-order chi connectivity index (χ1) is 11.5. The number of anilines is 1. The van der Waals surface area contributed by atoms with Crippen LogP contribution >= 0.6 is 35.2 Å². The number of likely N-dealkylation sites (N-methyl/N-ethyl adjacent to an activating group) is 1. The molecule has 0 radical (unpaired) electrons. The number of ether oxygens (including phenoxy) is 1. The monoisotopic (exact) mass is 383 g/mol. The number of halogens is 1. The second-order valence-electron chi connectivity index (χ2n) is 5.58. The van der Waals surface area contributed by atoms with E-state index < -0.39 is 0 Å². The number of thiophene rings is 1. The van der Waals surface area contributed by atoms with Crippen molar-refractivity contribution in [2.45, 2.75) is 6.54 Å². The maximum Gasteiger partial charge on any atom is 0.173 e. The quantitative estimate of drug-likeness (QED) is 0.724. The molecule has 130 valence electrons. The minimum Gasteiger partial charge on any atom is -0.495 e. The van der Waals surface area contributed by atoms with Crippen LogP contribution in [0.3, 0.4) is 0 Å². The highest BCUT2D eigenvalue weighted by Gasteiger charge is 2.14. The van der Waals surface area contributed by atoms with Crippen LogP contribution in [0.5, 0.6) is 5.75 Å². The third-order valence-corrected chi connectivity index (χ3v) is 4.89. The summed E-state index contributed by atoms with van der Waals surface area (Å²) >= 11 is 13.5. The molecule has 0 aliphatic heterocycles. The molecule has 7 heteroatoms. The van der Waals surface area contributed by atoms with Crippen molar-refractivity contribution in [3.05, 3.63) is 45.6 Å². The van der Waals surface area contributed by atoms with Crippen LogP contribution in [0, 0.1) is 0 Å². The van der Waals surface area contributed by atoms with E-state index in [9.17, 15) is 0 Å². The molecule has 1 aromatic heterocycles. The van der Waals surface area contributed by atoms with E-state index in [-0.39, 0.29) is 0 Å². The van der Waals surface area contributed by atoms with E-state index in [1.165, 1.54) is 4.88 Å². The van der Waals surface area contributed by atoms with Crippen molar-refractivity contribution in [3.63, 3.8) is 0 Å². The van der Waals surface area contributed by atoms with E-state index >= 15 is 0 Å². The highest BCUT2D eigenvalue weighted by Crippen LogP contribution is 2.28. The standard InChI is InChI=1S/C17H22ClN3OS2/c1-20(2)8-9-21(12-14-5-4-10-24-14)17(23)19-15-11-13(18)6-7-16(15)22-3/h4-7,10-11H,8-9,12H2,1-3H3,(H,19,23). The molecule has 2 aromatic rings. The van der Waals surface area contributed by atoms with Gasteiger partial charge in [-0.2, -0.15) is 0 Å². The molecule has 0 spiro atoms. The summed E-state index contributed by atoms with van der Waals surface area (Å²) in [6.07, 6.45) is 0. The van der Waals surface area contributed by atoms with Gasteiger partial charge in [0.1, 0.15) is 5.75 Å². The summed E-state index contributed by atoms with van der Waals surface area (Å²) < 4.78 is 5.38. The predicted molar refractivity (Wildman–Crippen MR) is 108 cm³/mol. The van der Waals surface area contributed by atoms with Crippen LogP contribution in [-0.2, 0) is 6.54 Å². The number of methoxy groups -OCH3 is 1. The summed E-state index contributed by atoms with van der Waals surface area (Å²) in [5, 5.41) is 6.65. The Kier molecular flexibility index (Phi) is 7.30. The molecule has 0 aliphatic carbocycles. The summed E-state index contributed by atoms with van der Waals surface area (Å²) in [4.78, 5) is 5.57. The number of hydrogen-bond acceptors (Lipinski definition) is 4. The fourth-order valence-corrected chi connectivity index (χ4v) is 3.29. The Bertz CT molecular complexity index is 662. The van der Waals surface area contributed by atoms with Crippen LogP contribution in [0.1, 0.15) is 4.88 Å². The fraction of sp³-hybridized carbons (Fsp3) is 0.353. The average molecular weight is 384 g/mol. The van der Waals surface area contributed by atoms with Crippen molar-refractivity contribution < 1.29 is 4.74 Å². The molecule has 0 bridgehead atoms. The minimum atomic E-state index is 0.638. The molecule has 0 saturated carbocycles. The summed E-state index contributed by atoms with van der Waals surface area (Å²) in [6, 6.07) is 9.62. The van der Waals surface area contributed by atoms with Gasteiger partial charge in [-0.15, -0.1) is 11.3 Å². The molecule has 0 unspecified atom stereocenters. The lowest BCUT2D eigenvalue weighted by atomic mass is 10.3. The lowest BCUT2D eigenvalue weighted by Crippen LogP contribution is -2.38. The smallest absolute Gasteiger partial charge is 0.173 e. The molecule has 24 heavy (non-hydrogen) atoms. The van der Waals surface area contributed by atoms with Crippen LogP contribution in [0.2, 0.25) is 5.02 Å². The van der Waals surface area contributed by atoms with E-state index in [0.29, 0.717) is 15.9 Å². The molecule has 0 aliphatic rings. The maximum absolute atomic E-state index is 6.10. The van der Waals surface area contributed by atoms with Gasteiger partial charge in [-0.05, 0) is 56.0 Å². The topological polar surface area (TPSA) is 27.7 Å². The largest absolute Gasteiger partial charge is 0.495 e. The highest BCUT2D eigenvalue weighted by molar-refractivity contribution is 7.80. The molecule has 2 rings (SSSR count). The Morgan fingerprint density at radius 3 is 2.71 bits per heavy atom. The molecule has 4 nitrogen and oxygen atoms in total. The molecule has 0 atom stereocenters. The van der Waals surface area contributed by atoms with Crippen LogP contribution in [0.25, 0.3) is 0 Å². The Morgan fingerprint density at radius 2 is 2.08 bits per heavy atom. The van der Waals surface area contributed by atoms with Gasteiger partial charge in [-0.1, -0.05) is 17.7 Å². The van der Waals surface area contributed by atoms with Gasteiger partial charge >= 0.3 is 0 Å². The second kappa shape index (κ2) is 9.22. The normalized spacial score (nSPS) is 10.7. The minimum absolute atomic E-state index is 0.638. The van der Waals surface area contributed by atoms with Crippen molar-refractivity contribution in [1.29, 1.82) is 0 Å². The first-order valence-electron chi connectivity index (χ1n) is 7.56. The number of hydrogen-bond donors (Lipinski definition) is 1. The van der Waals surface area contributed by atoms with Crippen LogP contribution < -0.4 is 10.1 Å². The Morgan fingerprint density at radius 1 is 1.29 bits per heavy atom. The SMILES string of the molecule is COc1ccc(Cl)cc1NC(=S)N(CCN(C)C)Cc1cccs1. The van der Waals surface area contributed by atoms with Gasteiger partial charge < -0.3 is 19.9 Å². The average Bonchev–Trinajstić information content (AvgIpc) is 3.04. The molecule has 1 aromatic carbocycles.